The lowest BCUT2D eigenvalue weighted by Crippen LogP contribution is -2.39. The maximum Gasteiger partial charge on any atom is 0.191 e. The summed E-state index contributed by atoms with van der Waals surface area (Å²) in [4.78, 5) is 5.77. The third kappa shape index (κ3) is 8.25. The first kappa shape index (κ1) is 21.1. The maximum atomic E-state index is 12.1. The van der Waals surface area contributed by atoms with E-state index >= 15 is 0 Å². The Hall–Kier alpha value is -0.930. The number of hydrogen-bond donors (Lipinski definition) is 2. The topological polar surface area (TPSA) is 53.5 Å². The van der Waals surface area contributed by atoms with Crippen LogP contribution in [0.25, 0.3) is 0 Å². The Morgan fingerprint density at radius 3 is 2.62 bits per heavy atom. The molecule has 1 aromatic heterocycles. The number of rotatable bonds is 8. The van der Waals surface area contributed by atoms with Crippen LogP contribution < -0.4 is 10.6 Å². The monoisotopic (exact) mass is 477 g/mol. The number of thiophene rings is 1. The van der Waals surface area contributed by atoms with Crippen LogP contribution in [0.2, 0.25) is 0 Å². The summed E-state index contributed by atoms with van der Waals surface area (Å²) in [5.74, 6) is 1.99. The fourth-order valence-electron chi connectivity index (χ4n) is 2.02. The number of benzene rings is 1. The fraction of sp³-hybridized carbons (Fsp3) is 0.353. The van der Waals surface area contributed by atoms with Crippen LogP contribution >= 0.6 is 35.3 Å². The van der Waals surface area contributed by atoms with E-state index in [9.17, 15) is 4.21 Å². The van der Waals surface area contributed by atoms with E-state index in [1.807, 2.05) is 43.3 Å². The molecule has 0 spiro atoms. The molecule has 24 heavy (non-hydrogen) atoms. The van der Waals surface area contributed by atoms with Gasteiger partial charge in [0.25, 0.3) is 0 Å². The van der Waals surface area contributed by atoms with Crippen molar-refractivity contribution in [1.82, 2.24) is 10.6 Å². The number of aliphatic imine (C=N–C) groups is 1. The molecule has 1 unspecified atom stereocenters. The van der Waals surface area contributed by atoms with Gasteiger partial charge in [0.2, 0.25) is 0 Å². The Balaban J connectivity index is 0.00000288. The molecule has 2 N–H and O–H groups in total. The van der Waals surface area contributed by atoms with Crippen molar-refractivity contribution in [3.63, 3.8) is 0 Å². The summed E-state index contributed by atoms with van der Waals surface area (Å²) >= 11 is 1.70. The molecule has 1 aromatic carbocycles. The van der Waals surface area contributed by atoms with E-state index in [2.05, 4.69) is 27.1 Å². The molecule has 2 rings (SSSR count). The van der Waals surface area contributed by atoms with Crippen LogP contribution in [0.5, 0.6) is 0 Å². The average Bonchev–Trinajstić information content (AvgIpc) is 3.07. The lowest BCUT2D eigenvalue weighted by atomic mass is 10.2. The Morgan fingerprint density at radius 1 is 1.17 bits per heavy atom. The summed E-state index contributed by atoms with van der Waals surface area (Å²) in [6, 6.07) is 14.1. The molecule has 132 valence electrons. The highest BCUT2D eigenvalue weighted by Crippen LogP contribution is 2.09. The Bertz CT molecular complexity index is 618. The maximum absolute atomic E-state index is 12.1. The van der Waals surface area contributed by atoms with Gasteiger partial charge in [-0.2, -0.15) is 0 Å². The van der Waals surface area contributed by atoms with Crippen molar-refractivity contribution in [3.8, 4) is 0 Å². The van der Waals surface area contributed by atoms with E-state index in [-0.39, 0.29) is 24.0 Å². The predicted octanol–water partition coefficient (Wildman–Crippen LogP) is 3.37. The number of nitrogens with zero attached hydrogens (tertiary/aromatic N) is 1. The first-order valence-electron chi connectivity index (χ1n) is 7.71. The molecule has 0 fully saturated rings. The van der Waals surface area contributed by atoms with Crippen molar-refractivity contribution in [2.45, 2.75) is 19.2 Å². The van der Waals surface area contributed by atoms with Crippen LogP contribution in [-0.2, 0) is 23.1 Å². The van der Waals surface area contributed by atoms with Crippen molar-refractivity contribution in [2.75, 3.05) is 18.8 Å². The summed E-state index contributed by atoms with van der Waals surface area (Å²) in [6.07, 6.45) is 0. The van der Waals surface area contributed by atoms with Crippen LogP contribution in [0.4, 0.5) is 0 Å². The van der Waals surface area contributed by atoms with Gasteiger partial charge in [-0.05, 0) is 23.9 Å². The van der Waals surface area contributed by atoms with Crippen molar-refractivity contribution in [1.29, 1.82) is 0 Å². The van der Waals surface area contributed by atoms with E-state index in [0.717, 1.165) is 18.1 Å². The molecule has 0 saturated carbocycles. The van der Waals surface area contributed by atoms with E-state index in [0.29, 0.717) is 24.6 Å². The minimum atomic E-state index is -0.868. The summed E-state index contributed by atoms with van der Waals surface area (Å²) in [5.41, 5.74) is 1.11. The van der Waals surface area contributed by atoms with Crippen molar-refractivity contribution in [3.05, 3.63) is 58.3 Å². The normalized spacial score (nSPS) is 12.3. The second kappa shape index (κ2) is 12.4. The van der Waals surface area contributed by atoms with Crippen LogP contribution in [0, 0.1) is 0 Å². The highest BCUT2D eigenvalue weighted by Gasteiger charge is 2.03. The zero-order valence-electron chi connectivity index (χ0n) is 13.7. The van der Waals surface area contributed by atoms with Gasteiger partial charge in [0, 0.05) is 40.3 Å². The van der Waals surface area contributed by atoms with E-state index in [1.165, 1.54) is 4.88 Å². The Morgan fingerprint density at radius 2 is 1.96 bits per heavy atom. The molecule has 0 amide bonds. The molecular weight excluding hydrogens is 453 g/mol. The Kier molecular flexibility index (Phi) is 10.9. The van der Waals surface area contributed by atoms with Gasteiger partial charge in [0.1, 0.15) is 0 Å². The molecular formula is C17H24IN3OS2. The van der Waals surface area contributed by atoms with Gasteiger partial charge in [-0.25, -0.2) is 4.99 Å². The van der Waals surface area contributed by atoms with Crippen LogP contribution in [0.15, 0.2) is 52.8 Å². The predicted molar refractivity (Wildman–Crippen MR) is 116 cm³/mol. The average molecular weight is 477 g/mol. The largest absolute Gasteiger partial charge is 0.357 e. The van der Waals surface area contributed by atoms with Crippen molar-refractivity contribution in [2.24, 2.45) is 4.99 Å². The number of nitrogens with one attached hydrogen (secondary N) is 2. The first-order chi connectivity index (χ1) is 11.3. The minimum Gasteiger partial charge on any atom is -0.357 e. The zero-order chi connectivity index (χ0) is 16.3. The highest BCUT2D eigenvalue weighted by atomic mass is 127. The lowest BCUT2D eigenvalue weighted by molar-refractivity contribution is 0.680. The van der Waals surface area contributed by atoms with Crippen LogP contribution in [0.1, 0.15) is 17.4 Å². The molecule has 7 heteroatoms. The number of halogens is 1. The zero-order valence-corrected chi connectivity index (χ0v) is 17.7. The van der Waals surface area contributed by atoms with Gasteiger partial charge < -0.3 is 10.6 Å². The van der Waals surface area contributed by atoms with Gasteiger partial charge in [-0.1, -0.05) is 36.4 Å². The van der Waals surface area contributed by atoms with Gasteiger partial charge >= 0.3 is 0 Å². The van der Waals surface area contributed by atoms with Gasteiger partial charge in [0.05, 0.1) is 6.54 Å². The van der Waals surface area contributed by atoms with E-state index in [1.54, 1.807) is 11.3 Å². The summed E-state index contributed by atoms with van der Waals surface area (Å²) in [6.45, 7) is 4.16. The number of hydrogen-bond acceptors (Lipinski definition) is 3. The molecule has 0 bridgehead atoms. The minimum absolute atomic E-state index is 0. The molecule has 0 aliphatic heterocycles. The van der Waals surface area contributed by atoms with E-state index < -0.39 is 10.8 Å². The van der Waals surface area contributed by atoms with Gasteiger partial charge in [0.15, 0.2) is 5.96 Å². The highest BCUT2D eigenvalue weighted by molar-refractivity contribution is 14.0. The second-order valence-corrected chi connectivity index (χ2v) is 7.58. The van der Waals surface area contributed by atoms with Crippen LogP contribution in [0.3, 0.4) is 0 Å². The van der Waals surface area contributed by atoms with Crippen LogP contribution in [-0.4, -0.2) is 29.0 Å². The molecule has 1 atom stereocenters. The lowest BCUT2D eigenvalue weighted by Gasteiger charge is -2.11. The molecule has 4 nitrogen and oxygen atoms in total. The Labute approximate surface area is 167 Å². The smallest absolute Gasteiger partial charge is 0.191 e. The molecule has 0 aliphatic carbocycles. The summed E-state index contributed by atoms with van der Waals surface area (Å²) in [5, 5.41) is 8.52. The van der Waals surface area contributed by atoms with E-state index in [4.69, 9.17) is 0 Å². The molecule has 0 radical (unpaired) electrons. The second-order valence-electron chi connectivity index (χ2n) is 4.98. The SMILES string of the molecule is CCNC(=NCc1cccs1)NCCS(=O)Cc1ccccc1.I. The standard InChI is InChI=1S/C17H23N3OS2.HI/c1-2-18-17(20-13-16-9-6-11-22-16)19-10-12-23(21)14-15-7-4-3-5-8-15;/h3-9,11H,2,10,12-14H2,1H3,(H2,18,19,20);1H. The van der Waals surface area contributed by atoms with Gasteiger partial charge in [-0.3, -0.25) is 4.21 Å². The number of guanidine groups is 1. The summed E-state index contributed by atoms with van der Waals surface area (Å²) in [7, 11) is -0.868. The van der Waals surface area contributed by atoms with Crippen molar-refractivity contribution >= 4 is 52.1 Å². The fourth-order valence-corrected chi connectivity index (χ4v) is 3.68. The molecule has 1 heterocycles. The molecule has 0 saturated heterocycles. The first-order valence-corrected chi connectivity index (χ1v) is 10.1. The van der Waals surface area contributed by atoms with Gasteiger partial charge in [-0.15, -0.1) is 35.3 Å². The third-order valence-corrected chi connectivity index (χ3v) is 5.29. The summed E-state index contributed by atoms with van der Waals surface area (Å²) < 4.78 is 12.1. The molecule has 0 aliphatic rings. The van der Waals surface area contributed by atoms with Crippen molar-refractivity contribution < 1.29 is 4.21 Å². The quantitative estimate of drug-likeness (QED) is 0.348. The third-order valence-electron chi connectivity index (χ3n) is 3.11. The molecule has 2 aromatic rings.